The first-order valence-corrected chi connectivity index (χ1v) is 8.68. The molecule has 0 radical (unpaired) electrons. The van der Waals surface area contributed by atoms with E-state index in [-0.39, 0.29) is 26.0 Å². The number of carbonyl (C=O) groups excluding carboxylic acids is 1. The average molecular weight is 353 g/mol. The number of sulfonamides is 1. The van der Waals surface area contributed by atoms with Crippen molar-refractivity contribution in [3.05, 3.63) is 27.7 Å². The van der Waals surface area contributed by atoms with Gasteiger partial charge in [0, 0.05) is 11.1 Å². The van der Waals surface area contributed by atoms with Crippen LogP contribution in [0.1, 0.15) is 44.0 Å². The van der Waals surface area contributed by atoms with Crippen LogP contribution < -0.4 is 10.5 Å². The molecule has 0 aliphatic rings. The maximum Gasteiger partial charge on any atom is 0.251 e. The van der Waals surface area contributed by atoms with Gasteiger partial charge >= 0.3 is 0 Å². The Bertz CT molecular complexity index is 656. The summed E-state index contributed by atoms with van der Waals surface area (Å²) in [4.78, 5) is 11.9. The zero-order valence-corrected chi connectivity index (χ0v) is 14.4. The predicted octanol–water partition coefficient (Wildman–Crippen LogP) is 2.95. The molecule has 0 fully saturated rings. The molecular weight excluding hydrogens is 335 g/mol. The van der Waals surface area contributed by atoms with Gasteiger partial charge in [0.2, 0.25) is 10.0 Å². The number of halogens is 2. The van der Waals surface area contributed by atoms with E-state index in [4.69, 9.17) is 28.3 Å². The molecule has 3 N–H and O–H groups in total. The topological polar surface area (TPSA) is 89.3 Å². The van der Waals surface area contributed by atoms with Gasteiger partial charge in [-0.3, -0.25) is 4.79 Å². The molecule has 0 spiro atoms. The van der Waals surface area contributed by atoms with Crippen LogP contribution in [0.2, 0.25) is 10.0 Å². The van der Waals surface area contributed by atoms with E-state index in [0.717, 1.165) is 18.9 Å². The summed E-state index contributed by atoms with van der Waals surface area (Å²) in [5, 5.41) is 7.70. The fourth-order valence-electron chi connectivity index (χ4n) is 1.68. The second-order valence-corrected chi connectivity index (χ2v) is 7.35. The quantitative estimate of drug-likeness (QED) is 0.853. The Labute approximate surface area is 134 Å². The Balaban J connectivity index is 3.27. The molecule has 0 unspecified atom stereocenters. The lowest BCUT2D eigenvalue weighted by Crippen LogP contribution is -2.45. The number of primary sulfonamides is 1. The number of hydrogen-bond acceptors (Lipinski definition) is 3. The van der Waals surface area contributed by atoms with E-state index >= 15 is 0 Å². The third kappa shape index (κ3) is 4.32. The molecular formula is C13H18Cl2N2O3S. The lowest BCUT2D eigenvalue weighted by molar-refractivity contribution is 0.0901. The highest BCUT2D eigenvalue weighted by atomic mass is 35.5. The number of carbonyl (C=O) groups is 1. The second-order valence-electron chi connectivity index (χ2n) is 5.04. The van der Waals surface area contributed by atoms with Gasteiger partial charge in [0.25, 0.3) is 5.91 Å². The zero-order chi connectivity index (χ0) is 16.4. The molecule has 8 heteroatoms. The molecule has 1 aromatic carbocycles. The minimum absolute atomic E-state index is 0.0389. The Kier molecular flexibility index (Phi) is 5.66. The third-order valence-corrected chi connectivity index (χ3v) is 5.39. The molecule has 0 atom stereocenters. The highest BCUT2D eigenvalue weighted by molar-refractivity contribution is 7.89. The van der Waals surface area contributed by atoms with Crippen LogP contribution in [0.4, 0.5) is 0 Å². The minimum Gasteiger partial charge on any atom is -0.347 e. The largest absolute Gasteiger partial charge is 0.347 e. The molecule has 0 bridgehead atoms. The number of nitrogens with two attached hydrogens (primary N) is 1. The van der Waals surface area contributed by atoms with Crippen LogP contribution in [0.3, 0.4) is 0 Å². The summed E-state index contributed by atoms with van der Waals surface area (Å²) in [6.07, 6.45) is 1.47. The van der Waals surface area contributed by atoms with Gasteiger partial charge in [-0.25, -0.2) is 13.6 Å². The maximum absolute atomic E-state index is 12.3. The SMILES string of the molecule is CCC(C)(CC)NC(=O)c1cc(Cl)c(Cl)c(S(N)(=O)=O)c1. The summed E-state index contributed by atoms with van der Waals surface area (Å²) in [5.41, 5.74) is -0.285. The van der Waals surface area contributed by atoms with Gasteiger partial charge in [-0.1, -0.05) is 37.0 Å². The van der Waals surface area contributed by atoms with E-state index in [0.29, 0.717) is 0 Å². The monoisotopic (exact) mass is 352 g/mol. The van der Waals surface area contributed by atoms with E-state index in [1.807, 2.05) is 20.8 Å². The minimum atomic E-state index is -4.06. The van der Waals surface area contributed by atoms with E-state index < -0.39 is 15.9 Å². The molecule has 0 aliphatic heterocycles. The normalized spacial score (nSPS) is 12.3. The summed E-state index contributed by atoms with van der Waals surface area (Å²) in [5.74, 6) is -0.426. The van der Waals surface area contributed by atoms with Gasteiger partial charge in [0.05, 0.1) is 10.0 Å². The van der Waals surface area contributed by atoms with Crippen molar-refractivity contribution in [2.24, 2.45) is 5.14 Å². The van der Waals surface area contributed by atoms with Crippen molar-refractivity contribution >= 4 is 39.1 Å². The van der Waals surface area contributed by atoms with Gasteiger partial charge in [-0.15, -0.1) is 0 Å². The van der Waals surface area contributed by atoms with Gasteiger partial charge in [0.1, 0.15) is 4.90 Å². The lowest BCUT2D eigenvalue weighted by Gasteiger charge is -2.28. The fraction of sp³-hybridized carbons (Fsp3) is 0.462. The van der Waals surface area contributed by atoms with Crippen LogP contribution in [0.25, 0.3) is 0 Å². The van der Waals surface area contributed by atoms with Crippen LogP contribution in [0.15, 0.2) is 17.0 Å². The van der Waals surface area contributed by atoms with Crippen LogP contribution in [0.5, 0.6) is 0 Å². The van der Waals surface area contributed by atoms with E-state index in [1.54, 1.807) is 0 Å². The van der Waals surface area contributed by atoms with Crippen LogP contribution in [-0.4, -0.2) is 19.9 Å². The van der Waals surface area contributed by atoms with Gasteiger partial charge in [0.15, 0.2) is 0 Å². The van der Waals surface area contributed by atoms with E-state index in [9.17, 15) is 13.2 Å². The van der Waals surface area contributed by atoms with Crippen molar-refractivity contribution < 1.29 is 13.2 Å². The number of benzene rings is 1. The standard InChI is InChI=1S/C13H18Cl2N2O3S/c1-4-13(3,5-2)17-12(18)8-6-9(14)11(15)10(7-8)21(16,19)20/h6-7H,4-5H2,1-3H3,(H,17,18)(H2,16,19,20). The zero-order valence-electron chi connectivity index (χ0n) is 12.0. The van der Waals surface area contributed by atoms with Crippen LogP contribution in [0, 0.1) is 0 Å². The van der Waals surface area contributed by atoms with Gasteiger partial charge in [-0.2, -0.15) is 0 Å². The molecule has 118 valence electrons. The highest BCUT2D eigenvalue weighted by Crippen LogP contribution is 2.30. The Morgan fingerprint density at radius 1 is 1.29 bits per heavy atom. The first-order valence-electron chi connectivity index (χ1n) is 6.38. The fourth-order valence-corrected chi connectivity index (χ4v) is 3.03. The summed E-state index contributed by atoms with van der Waals surface area (Å²) in [6.45, 7) is 5.81. The molecule has 1 rings (SSSR count). The maximum atomic E-state index is 12.3. The van der Waals surface area contributed by atoms with Crippen molar-refractivity contribution in [3.63, 3.8) is 0 Å². The van der Waals surface area contributed by atoms with E-state index in [1.165, 1.54) is 6.07 Å². The molecule has 0 aliphatic carbocycles. The number of nitrogens with one attached hydrogen (secondary N) is 1. The summed E-state index contributed by atoms with van der Waals surface area (Å²) in [7, 11) is -4.06. The number of hydrogen-bond donors (Lipinski definition) is 2. The van der Waals surface area contributed by atoms with E-state index in [2.05, 4.69) is 5.32 Å². The molecule has 1 amide bonds. The first kappa shape index (κ1) is 18.2. The molecule has 0 aromatic heterocycles. The lowest BCUT2D eigenvalue weighted by atomic mass is 9.95. The Morgan fingerprint density at radius 2 is 1.81 bits per heavy atom. The smallest absolute Gasteiger partial charge is 0.251 e. The molecule has 5 nitrogen and oxygen atoms in total. The van der Waals surface area contributed by atoms with Crippen molar-refractivity contribution in [1.82, 2.24) is 5.32 Å². The Hall–Kier alpha value is -0.820. The highest BCUT2D eigenvalue weighted by Gasteiger charge is 2.25. The van der Waals surface area contributed by atoms with Crippen LogP contribution in [-0.2, 0) is 10.0 Å². The third-order valence-electron chi connectivity index (χ3n) is 3.54. The summed E-state index contributed by atoms with van der Waals surface area (Å²) < 4.78 is 23.0. The number of amides is 1. The molecule has 21 heavy (non-hydrogen) atoms. The summed E-state index contributed by atoms with van der Waals surface area (Å²) in [6, 6.07) is 2.45. The Morgan fingerprint density at radius 3 is 2.24 bits per heavy atom. The number of rotatable bonds is 5. The molecule has 1 aromatic rings. The van der Waals surface area contributed by atoms with Crippen molar-refractivity contribution in [1.29, 1.82) is 0 Å². The first-order chi connectivity index (χ1) is 9.54. The van der Waals surface area contributed by atoms with Crippen molar-refractivity contribution in [2.45, 2.75) is 44.0 Å². The second kappa shape index (κ2) is 6.52. The van der Waals surface area contributed by atoms with Crippen LogP contribution >= 0.6 is 23.2 Å². The predicted molar refractivity (Wildman–Crippen MR) is 84.3 cm³/mol. The van der Waals surface area contributed by atoms with Gasteiger partial charge in [-0.05, 0) is 31.9 Å². The van der Waals surface area contributed by atoms with Crippen molar-refractivity contribution in [2.75, 3.05) is 0 Å². The molecule has 0 saturated heterocycles. The van der Waals surface area contributed by atoms with Gasteiger partial charge < -0.3 is 5.32 Å². The molecule has 0 saturated carbocycles. The molecule has 0 heterocycles. The average Bonchev–Trinajstić information content (AvgIpc) is 2.40. The summed E-state index contributed by atoms with van der Waals surface area (Å²) >= 11 is 11.7. The van der Waals surface area contributed by atoms with Crippen molar-refractivity contribution in [3.8, 4) is 0 Å².